The van der Waals surface area contributed by atoms with Crippen LogP contribution in [0.25, 0.3) is 0 Å². The van der Waals surface area contributed by atoms with Gasteiger partial charge in [0.25, 0.3) is 0 Å². The van der Waals surface area contributed by atoms with Crippen molar-refractivity contribution in [3.05, 3.63) is 34.3 Å². The number of ketones is 2. The number of aliphatic hydroxyl groups excluding tert-OH is 2. The minimum atomic E-state index is -0.708. The van der Waals surface area contributed by atoms with E-state index in [0.29, 0.717) is 5.57 Å². The van der Waals surface area contributed by atoms with Crippen LogP contribution < -0.4 is 0 Å². The zero-order chi connectivity index (χ0) is 11.7. The quantitative estimate of drug-likeness (QED) is 0.644. The maximum absolute atomic E-state index is 11.6. The molecule has 1 aliphatic carbocycles. The van der Waals surface area contributed by atoms with Crippen molar-refractivity contribution in [2.24, 2.45) is 0 Å². The summed E-state index contributed by atoms with van der Waals surface area (Å²) in [5, 5.41) is 18.9. The van der Waals surface area contributed by atoms with E-state index in [1.54, 1.807) is 19.9 Å². The standard InChI is InChI=1S/C11H12O4/c1-4-5(2)7-10(14)8(12)6(3)9(13)11(7)15/h4,12,15H,1-3H3. The second kappa shape index (κ2) is 3.73. The molecule has 4 heteroatoms. The highest BCUT2D eigenvalue weighted by molar-refractivity contribution is 6.24. The highest BCUT2D eigenvalue weighted by Gasteiger charge is 2.32. The van der Waals surface area contributed by atoms with Crippen LogP contribution in [0, 0.1) is 0 Å². The topological polar surface area (TPSA) is 74.6 Å². The van der Waals surface area contributed by atoms with Crippen molar-refractivity contribution in [1.29, 1.82) is 0 Å². The lowest BCUT2D eigenvalue weighted by molar-refractivity contribution is -0.119. The van der Waals surface area contributed by atoms with Crippen molar-refractivity contribution in [3.63, 3.8) is 0 Å². The van der Waals surface area contributed by atoms with E-state index >= 15 is 0 Å². The van der Waals surface area contributed by atoms with E-state index in [-0.39, 0.29) is 11.1 Å². The van der Waals surface area contributed by atoms with Gasteiger partial charge in [-0.3, -0.25) is 9.59 Å². The second-order valence-electron chi connectivity index (χ2n) is 3.33. The SMILES string of the molecule is CC=C(C)C1=C(O)C(=O)C(C)=C(O)C1=O. The zero-order valence-electron chi connectivity index (χ0n) is 8.79. The summed E-state index contributed by atoms with van der Waals surface area (Å²) in [7, 11) is 0. The number of carbonyl (C=O) groups excluding carboxylic acids is 2. The van der Waals surface area contributed by atoms with E-state index in [0.717, 1.165) is 0 Å². The van der Waals surface area contributed by atoms with Gasteiger partial charge < -0.3 is 10.2 Å². The Labute approximate surface area is 87.2 Å². The fourth-order valence-electron chi connectivity index (χ4n) is 1.31. The Kier molecular flexibility index (Phi) is 2.79. The lowest BCUT2D eigenvalue weighted by atomic mass is 9.90. The fraction of sp³-hybridized carbons (Fsp3) is 0.273. The molecule has 0 aromatic rings. The minimum Gasteiger partial charge on any atom is -0.504 e. The van der Waals surface area contributed by atoms with Crippen LogP contribution in [0.5, 0.6) is 0 Å². The predicted octanol–water partition coefficient (Wildman–Crippen LogP) is 1.75. The van der Waals surface area contributed by atoms with Crippen molar-refractivity contribution in [3.8, 4) is 0 Å². The van der Waals surface area contributed by atoms with Crippen LogP contribution in [0.4, 0.5) is 0 Å². The first-order valence-electron chi connectivity index (χ1n) is 4.47. The second-order valence-corrected chi connectivity index (χ2v) is 3.33. The molecule has 0 aromatic heterocycles. The molecule has 0 spiro atoms. The number of hydrogen-bond acceptors (Lipinski definition) is 4. The number of allylic oxidation sites excluding steroid dienone is 4. The van der Waals surface area contributed by atoms with Gasteiger partial charge in [-0.15, -0.1) is 0 Å². The largest absolute Gasteiger partial charge is 0.504 e. The van der Waals surface area contributed by atoms with Crippen molar-refractivity contribution in [2.75, 3.05) is 0 Å². The summed E-state index contributed by atoms with van der Waals surface area (Å²) in [6.07, 6.45) is 1.59. The summed E-state index contributed by atoms with van der Waals surface area (Å²) in [5.41, 5.74) is 0.223. The highest BCUT2D eigenvalue weighted by Crippen LogP contribution is 2.26. The first-order valence-corrected chi connectivity index (χ1v) is 4.47. The number of rotatable bonds is 1. The lowest BCUT2D eigenvalue weighted by Crippen LogP contribution is -2.23. The third-order valence-corrected chi connectivity index (χ3v) is 2.42. The molecular formula is C11H12O4. The maximum atomic E-state index is 11.6. The van der Waals surface area contributed by atoms with Crippen LogP contribution in [0.3, 0.4) is 0 Å². The van der Waals surface area contributed by atoms with E-state index in [1.165, 1.54) is 6.92 Å². The van der Waals surface area contributed by atoms with Gasteiger partial charge in [0.05, 0.1) is 5.57 Å². The molecule has 2 N–H and O–H groups in total. The van der Waals surface area contributed by atoms with Gasteiger partial charge in [0, 0.05) is 5.57 Å². The van der Waals surface area contributed by atoms with Gasteiger partial charge in [-0.25, -0.2) is 0 Å². The maximum Gasteiger partial charge on any atom is 0.231 e. The fourth-order valence-corrected chi connectivity index (χ4v) is 1.31. The normalized spacial score (nSPS) is 19.0. The van der Waals surface area contributed by atoms with Gasteiger partial charge in [-0.2, -0.15) is 0 Å². The van der Waals surface area contributed by atoms with E-state index < -0.39 is 23.1 Å². The predicted molar refractivity (Wildman–Crippen MR) is 54.4 cm³/mol. The molecule has 1 aliphatic rings. The van der Waals surface area contributed by atoms with Crippen LogP contribution in [0.2, 0.25) is 0 Å². The molecule has 0 amide bonds. The first-order chi connectivity index (χ1) is 6.91. The summed E-state index contributed by atoms with van der Waals surface area (Å²) < 4.78 is 0. The minimum absolute atomic E-state index is 0.120. The summed E-state index contributed by atoms with van der Waals surface area (Å²) in [6, 6.07) is 0. The van der Waals surface area contributed by atoms with Gasteiger partial charge in [0.1, 0.15) is 0 Å². The van der Waals surface area contributed by atoms with Crippen LogP contribution in [-0.4, -0.2) is 21.8 Å². The molecule has 15 heavy (non-hydrogen) atoms. The van der Waals surface area contributed by atoms with Crippen molar-refractivity contribution in [1.82, 2.24) is 0 Å². The smallest absolute Gasteiger partial charge is 0.231 e. The van der Waals surface area contributed by atoms with Crippen LogP contribution in [-0.2, 0) is 9.59 Å². The molecule has 0 fully saturated rings. The Morgan fingerprint density at radius 2 is 1.67 bits per heavy atom. The lowest BCUT2D eigenvalue weighted by Gasteiger charge is -2.15. The van der Waals surface area contributed by atoms with E-state index in [9.17, 15) is 19.8 Å². The van der Waals surface area contributed by atoms with Gasteiger partial charge in [-0.05, 0) is 26.3 Å². The molecule has 0 aromatic carbocycles. The average molecular weight is 208 g/mol. The third kappa shape index (κ3) is 1.58. The summed E-state index contributed by atoms with van der Waals surface area (Å²) in [5.74, 6) is -2.59. The Hall–Kier alpha value is -1.84. The van der Waals surface area contributed by atoms with Crippen LogP contribution >= 0.6 is 0 Å². The molecular weight excluding hydrogens is 196 g/mol. The molecule has 1 rings (SSSR count). The molecule has 0 radical (unpaired) electrons. The Morgan fingerprint density at radius 1 is 1.13 bits per heavy atom. The molecule has 0 saturated carbocycles. The number of carbonyl (C=O) groups is 2. The molecule has 0 unspecified atom stereocenters. The molecule has 0 atom stereocenters. The van der Waals surface area contributed by atoms with E-state index in [1.807, 2.05) is 0 Å². The zero-order valence-corrected chi connectivity index (χ0v) is 8.79. The molecule has 0 saturated heterocycles. The van der Waals surface area contributed by atoms with Crippen LogP contribution in [0.1, 0.15) is 20.8 Å². The summed E-state index contributed by atoms with van der Waals surface area (Å²) in [4.78, 5) is 23.0. The van der Waals surface area contributed by atoms with E-state index in [4.69, 9.17) is 0 Å². The Bertz CT molecular complexity index is 436. The number of aliphatic hydroxyl groups is 2. The Balaban J connectivity index is 3.42. The monoisotopic (exact) mass is 208 g/mol. The summed E-state index contributed by atoms with van der Waals surface area (Å²) >= 11 is 0. The number of hydrogen-bond donors (Lipinski definition) is 2. The average Bonchev–Trinajstić information content (AvgIpc) is 2.23. The van der Waals surface area contributed by atoms with Gasteiger partial charge >= 0.3 is 0 Å². The van der Waals surface area contributed by atoms with Gasteiger partial charge in [0.2, 0.25) is 11.6 Å². The Morgan fingerprint density at radius 3 is 2.13 bits per heavy atom. The van der Waals surface area contributed by atoms with Crippen molar-refractivity contribution in [2.45, 2.75) is 20.8 Å². The van der Waals surface area contributed by atoms with Crippen LogP contribution in [0.15, 0.2) is 34.3 Å². The van der Waals surface area contributed by atoms with E-state index in [2.05, 4.69) is 0 Å². The molecule has 80 valence electrons. The number of Topliss-reactive ketones (excluding diaryl/α,β-unsaturated/α-hetero) is 2. The molecule has 0 heterocycles. The first kappa shape index (κ1) is 11.2. The van der Waals surface area contributed by atoms with Gasteiger partial charge in [0.15, 0.2) is 11.5 Å². The van der Waals surface area contributed by atoms with Crippen molar-refractivity contribution < 1.29 is 19.8 Å². The third-order valence-electron chi connectivity index (χ3n) is 2.42. The highest BCUT2D eigenvalue weighted by atomic mass is 16.3. The van der Waals surface area contributed by atoms with Gasteiger partial charge in [-0.1, -0.05) is 6.08 Å². The molecule has 4 nitrogen and oxygen atoms in total. The molecule has 0 aliphatic heterocycles. The molecule has 0 bridgehead atoms. The van der Waals surface area contributed by atoms with Crippen molar-refractivity contribution >= 4 is 11.6 Å². The summed E-state index contributed by atoms with van der Waals surface area (Å²) in [6.45, 7) is 4.56.